The number of hydrogen-bond donors (Lipinski definition) is 1. The molecule has 0 aromatic heterocycles. The average Bonchev–Trinajstić information content (AvgIpc) is 2.48. The zero-order valence-electron chi connectivity index (χ0n) is 12.6. The van der Waals surface area contributed by atoms with Crippen LogP contribution in [0.4, 0.5) is 0 Å². The Balaban J connectivity index is 1.78. The van der Waals surface area contributed by atoms with E-state index in [1.165, 1.54) is 11.1 Å². The van der Waals surface area contributed by atoms with E-state index in [-0.39, 0.29) is 6.04 Å². The van der Waals surface area contributed by atoms with Crippen molar-refractivity contribution >= 4 is 0 Å². The summed E-state index contributed by atoms with van der Waals surface area (Å²) in [6.45, 7) is 3.73. The molecule has 0 amide bonds. The van der Waals surface area contributed by atoms with Crippen LogP contribution >= 0.6 is 0 Å². The maximum atomic E-state index is 10.5. The average molecular weight is 281 g/mol. The summed E-state index contributed by atoms with van der Waals surface area (Å²) in [4.78, 5) is 2.41. The molecule has 1 N–H and O–H groups in total. The highest BCUT2D eigenvalue weighted by molar-refractivity contribution is 5.18. The molecule has 110 valence electrons. The van der Waals surface area contributed by atoms with Crippen LogP contribution < -0.4 is 0 Å². The molecule has 2 aromatic carbocycles. The Labute approximate surface area is 127 Å². The topological polar surface area (TPSA) is 23.5 Å². The van der Waals surface area contributed by atoms with E-state index in [9.17, 15) is 5.11 Å². The lowest BCUT2D eigenvalue weighted by Gasteiger charge is -2.49. The number of aliphatic hydroxyl groups is 1. The van der Waals surface area contributed by atoms with Gasteiger partial charge >= 0.3 is 0 Å². The molecule has 2 atom stereocenters. The van der Waals surface area contributed by atoms with Gasteiger partial charge in [-0.2, -0.15) is 0 Å². The zero-order chi connectivity index (χ0) is 14.7. The second-order valence-corrected chi connectivity index (χ2v) is 6.29. The highest BCUT2D eigenvalue weighted by Crippen LogP contribution is 2.37. The van der Waals surface area contributed by atoms with E-state index < -0.39 is 5.60 Å². The normalized spacial score (nSPS) is 24.8. The molecule has 0 heterocycles. The SMILES string of the molecule is C[C@@]1(O)CCC1N(Cc1ccccc1)Cc1ccccc1. The van der Waals surface area contributed by atoms with Crippen molar-refractivity contribution in [2.75, 3.05) is 0 Å². The lowest BCUT2D eigenvalue weighted by Crippen LogP contribution is -2.58. The molecule has 2 heteroatoms. The van der Waals surface area contributed by atoms with Gasteiger partial charge in [0.25, 0.3) is 0 Å². The molecule has 1 fully saturated rings. The molecular formula is C19H23NO. The van der Waals surface area contributed by atoms with Gasteiger partial charge in [0, 0.05) is 19.1 Å². The van der Waals surface area contributed by atoms with E-state index in [1.807, 2.05) is 19.1 Å². The minimum absolute atomic E-state index is 0.248. The van der Waals surface area contributed by atoms with Crippen LogP contribution in [0, 0.1) is 0 Å². The second-order valence-electron chi connectivity index (χ2n) is 6.29. The molecule has 3 rings (SSSR count). The van der Waals surface area contributed by atoms with E-state index in [2.05, 4.69) is 53.4 Å². The molecule has 1 aliphatic rings. The van der Waals surface area contributed by atoms with E-state index >= 15 is 0 Å². The summed E-state index contributed by atoms with van der Waals surface area (Å²) < 4.78 is 0. The van der Waals surface area contributed by atoms with Gasteiger partial charge in [0.2, 0.25) is 0 Å². The Morgan fingerprint density at radius 2 is 1.43 bits per heavy atom. The summed E-state index contributed by atoms with van der Waals surface area (Å²) in [7, 11) is 0. The summed E-state index contributed by atoms with van der Waals surface area (Å²) in [6.07, 6.45) is 1.98. The van der Waals surface area contributed by atoms with Gasteiger partial charge in [0.15, 0.2) is 0 Å². The van der Waals surface area contributed by atoms with E-state index in [4.69, 9.17) is 0 Å². The van der Waals surface area contributed by atoms with Crippen LogP contribution in [0.15, 0.2) is 60.7 Å². The summed E-state index contributed by atoms with van der Waals surface area (Å²) in [5.74, 6) is 0. The monoisotopic (exact) mass is 281 g/mol. The lowest BCUT2D eigenvalue weighted by atomic mass is 9.75. The fourth-order valence-corrected chi connectivity index (χ4v) is 3.18. The Morgan fingerprint density at radius 1 is 0.952 bits per heavy atom. The Hall–Kier alpha value is -1.64. The first-order valence-corrected chi connectivity index (χ1v) is 7.69. The van der Waals surface area contributed by atoms with Crippen molar-refractivity contribution in [3.05, 3.63) is 71.8 Å². The fourth-order valence-electron chi connectivity index (χ4n) is 3.18. The van der Waals surface area contributed by atoms with Gasteiger partial charge in [0.05, 0.1) is 5.60 Å². The van der Waals surface area contributed by atoms with Gasteiger partial charge in [-0.15, -0.1) is 0 Å². The molecule has 0 bridgehead atoms. The van der Waals surface area contributed by atoms with E-state index in [0.29, 0.717) is 0 Å². The summed E-state index contributed by atoms with van der Waals surface area (Å²) in [5, 5.41) is 10.5. The van der Waals surface area contributed by atoms with Crippen molar-refractivity contribution in [2.45, 2.75) is 44.5 Å². The standard InChI is InChI=1S/C19H23NO/c1-19(21)13-12-18(19)20(14-16-8-4-2-5-9-16)15-17-10-6-3-7-11-17/h2-11,18,21H,12-15H2,1H3/t18?,19-/m1/s1. The van der Waals surface area contributed by atoms with Gasteiger partial charge in [0.1, 0.15) is 0 Å². The summed E-state index contributed by atoms with van der Waals surface area (Å²) in [6, 6.07) is 21.3. The molecule has 1 saturated carbocycles. The summed E-state index contributed by atoms with van der Waals surface area (Å²) in [5.41, 5.74) is 2.05. The molecule has 0 radical (unpaired) electrons. The van der Waals surface area contributed by atoms with Crippen LogP contribution in [0.25, 0.3) is 0 Å². The Morgan fingerprint density at radius 3 is 1.76 bits per heavy atom. The van der Waals surface area contributed by atoms with Crippen molar-refractivity contribution < 1.29 is 5.11 Å². The number of benzene rings is 2. The molecule has 2 nitrogen and oxygen atoms in total. The minimum Gasteiger partial charge on any atom is -0.389 e. The predicted octanol–water partition coefficient (Wildman–Crippen LogP) is 3.60. The molecule has 0 saturated heterocycles. The van der Waals surface area contributed by atoms with Gasteiger partial charge in [-0.3, -0.25) is 4.90 Å². The third-order valence-electron chi connectivity index (χ3n) is 4.54. The zero-order valence-corrected chi connectivity index (χ0v) is 12.6. The lowest BCUT2D eigenvalue weighted by molar-refractivity contribution is -0.109. The largest absolute Gasteiger partial charge is 0.389 e. The first kappa shape index (κ1) is 14.3. The first-order chi connectivity index (χ1) is 10.1. The smallest absolute Gasteiger partial charge is 0.0775 e. The molecule has 2 aromatic rings. The van der Waals surface area contributed by atoms with Crippen LogP contribution in [-0.2, 0) is 13.1 Å². The van der Waals surface area contributed by atoms with E-state index in [0.717, 1.165) is 25.9 Å². The Bertz CT molecular complexity index is 523. The molecule has 0 aliphatic heterocycles. The highest BCUT2D eigenvalue weighted by atomic mass is 16.3. The van der Waals surface area contributed by atoms with Crippen molar-refractivity contribution in [1.29, 1.82) is 0 Å². The van der Waals surface area contributed by atoms with Crippen LogP contribution in [0.1, 0.15) is 30.9 Å². The third kappa shape index (κ3) is 3.34. The molecule has 1 unspecified atom stereocenters. The quantitative estimate of drug-likeness (QED) is 0.905. The van der Waals surface area contributed by atoms with Crippen molar-refractivity contribution in [1.82, 2.24) is 4.90 Å². The van der Waals surface area contributed by atoms with Crippen LogP contribution in [0.2, 0.25) is 0 Å². The maximum absolute atomic E-state index is 10.5. The third-order valence-corrected chi connectivity index (χ3v) is 4.54. The number of hydrogen-bond acceptors (Lipinski definition) is 2. The Kier molecular flexibility index (Phi) is 4.09. The second kappa shape index (κ2) is 6.00. The van der Waals surface area contributed by atoms with Crippen LogP contribution in [0.5, 0.6) is 0 Å². The van der Waals surface area contributed by atoms with Gasteiger partial charge < -0.3 is 5.11 Å². The molecule has 1 aliphatic carbocycles. The first-order valence-electron chi connectivity index (χ1n) is 7.69. The fraction of sp³-hybridized carbons (Fsp3) is 0.368. The van der Waals surface area contributed by atoms with E-state index in [1.54, 1.807) is 0 Å². The van der Waals surface area contributed by atoms with Crippen molar-refractivity contribution in [3.63, 3.8) is 0 Å². The minimum atomic E-state index is -0.552. The molecule has 21 heavy (non-hydrogen) atoms. The van der Waals surface area contributed by atoms with Gasteiger partial charge in [-0.05, 0) is 30.9 Å². The highest BCUT2D eigenvalue weighted by Gasteiger charge is 2.44. The molecule has 0 spiro atoms. The van der Waals surface area contributed by atoms with Crippen molar-refractivity contribution in [3.8, 4) is 0 Å². The predicted molar refractivity (Wildman–Crippen MR) is 85.8 cm³/mol. The number of nitrogens with zero attached hydrogens (tertiary/aromatic N) is 1. The summed E-state index contributed by atoms with van der Waals surface area (Å²) >= 11 is 0. The number of rotatable bonds is 5. The van der Waals surface area contributed by atoms with Crippen molar-refractivity contribution in [2.24, 2.45) is 0 Å². The van der Waals surface area contributed by atoms with Gasteiger partial charge in [-0.25, -0.2) is 0 Å². The van der Waals surface area contributed by atoms with Gasteiger partial charge in [-0.1, -0.05) is 60.7 Å². The molecular weight excluding hydrogens is 258 g/mol. The maximum Gasteiger partial charge on any atom is 0.0775 e. The van der Waals surface area contributed by atoms with Crippen LogP contribution in [0.3, 0.4) is 0 Å². The van der Waals surface area contributed by atoms with Crippen LogP contribution in [-0.4, -0.2) is 21.6 Å².